The number of piperazine rings is 1. The summed E-state index contributed by atoms with van der Waals surface area (Å²) < 4.78 is 124. The lowest BCUT2D eigenvalue weighted by Crippen LogP contribution is -2.46. The van der Waals surface area contributed by atoms with Gasteiger partial charge in [0.1, 0.15) is 5.75 Å². The highest BCUT2D eigenvalue weighted by molar-refractivity contribution is 5.48. The molecule has 1 heterocycles. The van der Waals surface area contributed by atoms with E-state index in [1.165, 1.54) is 4.90 Å². The van der Waals surface area contributed by atoms with Crippen LogP contribution in [0, 0.1) is 0 Å². The first-order valence-corrected chi connectivity index (χ1v) is 8.12. The molecule has 3 nitrogen and oxygen atoms in total. The van der Waals surface area contributed by atoms with Crippen molar-refractivity contribution in [1.29, 1.82) is 0 Å². The van der Waals surface area contributed by atoms with Gasteiger partial charge in [0.15, 0.2) is 0 Å². The van der Waals surface area contributed by atoms with E-state index in [1.54, 1.807) is 0 Å². The summed E-state index contributed by atoms with van der Waals surface area (Å²) in [5.41, 5.74) is -4.37. The number of benzene rings is 1. The van der Waals surface area contributed by atoms with Crippen molar-refractivity contribution in [2.75, 3.05) is 33.3 Å². The van der Waals surface area contributed by atoms with E-state index in [2.05, 4.69) is 5.32 Å². The van der Waals surface area contributed by atoms with E-state index >= 15 is 0 Å². The van der Waals surface area contributed by atoms with Crippen LogP contribution in [0.1, 0.15) is 29.2 Å². The molecule has 160 valence electrons. The zero-order chi connectivity index (χ0) is 21.3. The van der Waals surface area contributed by atoms with Gasteiger partial charge in [0.2, 0.25) is 0 Å². The third kappa shape index (κ3) is 5.43. The maximum Gasteiger partial charge on any atom is 0.416 e. The lowest BCUT2D eigenvalue weighted by Gasteiger charge is -2.37. The van der Waals surface area contributed by atoms with Gasteiger partial charge in [0.25, 0.3) is 0 Å². The Morgan fingerprint density at radius 2 is 1.54 bits per heavy atom. The van der Waals surface area contributed by atoms with Crippen LogP contribution >= 0.6 is 0 Å². The molecular weight excluding hydrogens is 407 g/mol. The molecule has 1 saturated heterocycles. The second kappa shape index (κ2) is 7.97. The van der Waals surface area contributed by atoms with E-state index in [0.29, 0.717) is 6.07 Å². The molecule has 28 heavy (non-hydrogen) atoms. The normalized spacial score (nSPS) is 18.2. The molecule has 0 unspecified atom stereocenters. The maximum atomic E-state index is 13.6. The van der Waals surface area contributed by atoms with Crippen LogP contribution < -0.4 is 10.1 Å². The third-order valence-corrected chi connectivity index (χ3v) is 4.35. The van der Waals surface area contributed by atoms with Gasteiger partial charge in [0.05, 0.1) is 24.7 Å². The third-order valence-electron chi connectivity index (χ3n) is 4.35. The number of hydrogen-bond acceptors (Lipinski definition) is 3. The second-order valence-electron chi connectivity index (χ2n) is 6.26. The first-order chi connectivity index (χ1) is 12.7. The Morgan fingerprint density at radius 3 is 1.96 bits per heavy atom. The number of hydrogen-bond donors (Lipinski definition) is 1. The highest BCUT2D eigenvalue weighted by Gasteiger charge is 2.45. The molecule has 1 atom stereocenters. The van der Waals surface area contributed by atoms with E-state index in [-0.39, 0.29) is 32.2 Å². The Morgan fingerprint density at radius 1 is 0.964 bits per heavy atom. The average molecular weight is 424 g/mol. The SMILES string of the molecule is COc1cc(C(F)(F)F)cc(C(F)(F)F)c1[C@@H](CC(F)(F)F)N1CCNCC1. The fraction of sp³-hybridized carbons (Fsp3) is 0.625. The van der Waals surface area contributed by atoms with Gasteiger partial charge >= 0.3 is 18.5 Å². The van der Waals surface area contributed by atoms with Gasteiger partial charge < -0.3 is 10.1 Å². The molecule has 1 aliphatic rings. The smallest absolute Gasteiger partial charge is 0.416 e. The van der Waals surface area contributed by atoms with Crippen molar-refractivity contribution in [3.8, 4) is 5.75 Å². The quantitative estimate of drug-likeness (QED) is 0.714. The zero-order valence-corrected chi connectivity index (χ0v) is 14.5. The van der Waals surface area contributed by atoms with E-state index in [9.17, 15) is 39.5 Å². The maximum absolute atomic E-state index is 13.6. The first-order valence-electron chi connectivity index (χ1n) is 8.12. The monoisotopic (exact) mass is 424 g/mol. The van der Waals surface area contributed by atoms with Gasteiger partial charge in [-0.25, -0.2) is 0 Å². The summed E-state index contributed by atoms with van der Waals surface area (Å²) >= 11 is 0. The molecule has 1 fully saturated rings. The minimum Gasteiger partial charge on any atom is -0.496 e. The van der Waals surface area contributed by atoms with Crippen LogP contribution in [0.3, 0.4) is 0 Å². The largest absolute Gasteiger partial charge is 0.496 e. The number of alkyl halides is 9. The molecule has 0 aliphatic carbocycles. The van der Waals surface area contributed by atoms with Crippen LogP contribution in [0.4, 0.5) is 39.5 Å². The van der Waals surface area contributed by atoms with Crippen LogP contribution in [0.15, 0.2) is 12.1 Å². The average Bonchev–Trinajstić information content (AvgIpc) is 2.57. The molecule has 0 amide bonds. The number of nitrogens with one attached hydrogen (secondary N) is 1. The molecule has 2 rings (SSSR count). The molecule has 1 aromatic rings. The van der Waals surface area contributed by atoms with Crippen molar-refractivity contribution in [1.82, 2.24) is 10.2 Å². The van der Waals surface area contributed by atoms with Gasteiger partial charge in [-0.05, 0) is 12.1 Å². The number of ether oxygens (including phenoxy) is 1. The molecule has 0 spiro atoms. The predicted octanol–water partition coefficient (Wildman–Crippen LogP) is 4.63. The Bertz CT molecular complexity index is 676. The fourth-order valence-corrected chi connectivity index (χ4v) is 3.16. The first kappa shape index (κ1) is 22.6. The Hall–Kier alpha value is -1.69. The number of methoxy groups -OCH3 is 1. The Balaban J connectivity index is 2.72. The summed E-state index contributed by atoms with van der Waals surface area (Å²) in [5.74, 6) is -0.880. The second-order valence-corrected chi connectivity index (χ2v) is 6.26. The predicted molar refractivity (Wildman–Crippen MR) is 80.9 cm³/mol. The molecule has 1 N–H and O–H groups in total. The summed E-state index contributed by atoms with van der Waals surface area (Å²) in [5, 5.41) is 2.86. The lowest BCUT2D eigenvalue weighted by atomic mass is 9.92. The summed E-state index contributed by atoms with van der Waals surface area (Å²) in [6.45, 7) is 0.474. The van der Waals surface area contributed by atoms with Crippen molar-refractivity contribution in [2.24, 2.45) is 0 Å². The molecular formula is C16H17F9N2O. The van der Waals surface area contributed by atoms with Crippen LogP contribution in [0.25, 0.3) is 0 Å². The molecule has 0 bridgehead atoms. The molecule has 1 aliphatic heterocycles. The zero-order valence-electron chi connectivity index (χ0n) is 14.5. The molecule has 0 saturated carbocycles. The number of nitrogens with zero attached hydrogens (tertiary/aromatic N) is 1. The van der Waals surface area contributed by atoms with Crippen molar-refractivity contribution in [3.05, 3.63) is 28.8 Å². The van der Waals surface area contributed by atoms with Crippen molar-refractivity contribution >= 4 is 0 Å². The van der Waals surface area contributed by atoms with E-state index < -0.39 is 53.4 Å². The summed E-state index contributed by atoms with van der Waals surface area (Å²) in [6.07, 6.45) is -16.9. The van der Waals surface area contributed by atoms with Gasteiger partial charge in [-0.2, -0.15) is 39.5 Å². The fourth-order valence-electron chi connectivity index (χ4n) is 3.16. The molecule has 0 aromatic heterocycles. The highest BCUT2D eigenvalue weighted by atomic mass is 19.4. The Kier molecular flexibility index (Phi) is 6.44. The minimum atomic E-state index is -5.30. The summed E-state index contributed by atoms with van der Waals surface area (Å²) in [4.78, 5) is 1.17. The lowest BCUT2D eigenvalue weighted by molar-refractivity contribution is -0.154. The minimum absolute atomic E-state index is 0.00220. The molecule has 12 heteroatoms. The number of halogens is 9. The topological polar surface area (TPSA) is 24.5 Å². The van der Waals surface area contributed by atoms with Crippen molar-refractivity contribution in [3.63, 3.8) is 0 Å². The van der Waals surface area contributed by atoms with Gasteiger partial charge in [-0.1, -0.05) is 0 Å². The van der Waals surface area contributed by atoms with Crippen molar-refractivity contribution in [2.45, 2.75) is 31.0 Å². The van der Waals surface area contributed by atoms with E-state index in [4.69, 9.17) is 4.74 Å². The molecule has 0 radical (unpaired) electrons. The van der Waals surface area contributed by atoms with Crippen LogP contribution in [0.5, 0.6) is 5.75 Å². The van der Waals surface area contributed by atoms with Crippen LogP contribution in [0.2, 0.25) is 0 Å². The standard InChI is InChI=1S/C16H17F9N2O/c1-28-12-7-9(15(20,21)22)6-10(16(23,24)25)13(12)11(8-14(17,18)19)27-4-2-26-3-5-27/h6-7,11,26H,2-5,8H2,1H3/t11-/m1/s1. The summed E-state index contributed by atoms with van der Waals surface area (Å²) in [7, 11) is 0.821. The number of rotatable bonds is 4. The van der Waals surface area contributed by atoms with Gasteiger partial charge in [-0.3, -0.25) is 4.90 Å². The summed E-state index contributed by atoms with van der Waals surface area (Å²) in [6, 6.07) is -1.70. The van der Waals surface area contributed by atoms with Gasteiger partial charge in [0, 0.05) is 37.8 Å². The molecule has 1 aromatic carbocycles. The Labute approximate surface area is 154 Å². The van der Waals surface area contributed by atoms with Crippen LogP contribution in [-0.4, -0.2) is 44.4 Å². The van der Waals surface area contributed by atoms with E-state index in [1.807, 2.05) is 0 Å². The van der Waals surface area contributed by atoms with E-state index in [0.717, 1.165) is 7.11 Å². The van der Waals surface area contributed by atoms with Crippen LogP contribution in [-0.2, 0) is 12.4 Å². The highest BCUT2D eigenvalue weighted by Crippen LogP contribution is 2.47. The van der Waals surface area contributed by atoms with Crippen molar-refractivity contribution < 1.29 is 44.3 Å². The van der Waals surface area contributed by atoms with Gasteiger partial charge in [-0.15, -0.1) is 0 Å².